The van der Waals surface area contributed by atoms with E-state index in [4.69, 9.17) is 0 Å². The second-order valence-electron chi connectivity index (χ2n) is 4.50. The van der Waals surface area contributed by atoms with Crippen LogP contribution in [0.3, 0.4) is 0 Å². The Morgan fingerprint density at radius 3 is 2.06 bits per heavy atom. The van der Waals surface area contributed by atoms with Crippen LogP contribution in [0.2, 0.25) is 0 Å². The molecule has 3 heteroatoms. The molecule has 0 aliphatic carbocycles. The standard InChI is InChI=1S/C11H16.C3H7FO2/c1-4-11(2,3)10-8-6-5-7-9-10;1-3(5-2)6-4/h5-9H,4H2,1-3H3;3H,1-2H3. The first-order chi connectivity index (χ1) is 7.97. The van der Waals surface area contributed by atoms with E-state index in [1.807, 2.05) is 0 Å². The SMILES string of the molecule is CCC(C)(C)c1ccccc1.COC(C)OF. The Labute approximate surface area is 104 Å². The Morgan fingerprint density at radius 2 is 1.76 bits per heavy atom. The molecule has 17 heavy (non-hydrogen) atoms. The van der Waals surface area contributed by atoms with Crippen LogP contribution in [0, 0.1) is 0 Å². The van der Waals surface area contributed by atoms with Crippen molar-refractivity contribution in [2.75, 3.05) is 7.11 Å². The third kappa shape index (κ3) is 6.39. The van der Waals surface area contributed by atoms with Crippen LogP contribution in [0.4, 0.5) is 4.53 Å². The van der Waals surface area contributed by atoms with Gasteiger partial charge in [-0.3, -0.25) is 0 Å². The van der Waals surface area contributed by atoms with Crippen molar-refractivity contribution in [3.05, 3.63) is 35.9 Å². The second-order valence-corrected chi connectivity index (χ2v) is 4.50. The van der Waals surface area contributed by atoms with Gasteiger partial charge < -0.3 is 4.74 Å². The summed E-state index contributed by atoms with van der Waals surface area (Å²) in [5, 5.41) is 0. The second kappa shape index (κ2) is 8.20. The lowest BCUT2D eigenvalue weighted by Gasteiger charge is -2.22. The van der Waals surface area contributed by atoms with E-state index < -0.39 is 6.29 Å². The van der Waals surface area contributed by atoms with Crippen molar-refractivity contribution >= 4 is 0 Å². The largest absolute Gasteiger partial charge is 0.353 e. The van der Waals surface area contributed by atoms with Gasteiger partial charge in [-0.25, -0.2) is 0 Å². The quantitative estimate of drug-likeness (QED) is 0.735. The van der Waals surface area contributed by atoms with Crippen molar-refractivity contribution in [1.82, 2.24) is 0 Å². The highest BCUT2D eigenvalue weighted by Gasteiger charge is 2.16. The van der Waals surface area contributed by atoms with E-state index in [1.165, 1.54) is 26.0 Å². The van der Waals surface area contributed by atoms with Gasteiger partial charge in [0.15, 0.2) is 6.29 Å². The molecule has 1 aromatic carbocycles. The summed E-state index contributed by atoms with van der Waals surface area (Å²) in [5.74, 6) is 0. The average Bonchev–Trinajstić information content (AvgIpc) is 2.39. The Hall–Kier alpha value is -0.930. The van der Waals surface area contributed by atoms with Crippen molar-refractivity contribution in [3.8, 4) is 0 Å². The lowest BCUT2D eigenvalue weighted by molar-refractivity contribution is -0.257. The first-order valence-corrected chi connectivity index (χ1v) is 5.83. The highest BCUT2D eigenvalue weighted by molar-refractivity contribution is 5.22. The Bertz CT molecular complexity index is 282. The van der Waals surface area contributed by atoms with E-state index >= 15 is 0 Å². The van der Waals surface area contributed by atoms with E-state index in [9.17, 15) is 4.53 Å². The normalized spacial score (nSPS) is 12.6. The van der Waals surface area contributed by atoms with Crippen LogP contribution in [0.5, 0.6) is 0 Å². The zero-order valence-corrected chi connectivity index (χ0v) is 11.4. The van der Waals surface area contributed by atoms with E-state index in [0.717, 1.165) is 0 Å². The van der Waals surface area contributed by atoms with Gasteiger partial charge in [0.25, 0.3) is 0 Å². The molecule has 2 nitrogen and oxygen atoms in total. The topological polar surface area (TPSA) is 18.5 Å². The fourth-order valence-electron chi connectivity index (χ4n) is 1.13. The number of hydrogen-bond donors (Lipinski definition) is 0. The minimum absolute atomic E-state index is 0.335. The molecule has 98 valence electrons. The summed E-state index contributed by atoms with van der Waals surface area (Å²) in [7, 11) is 1.37. The smallest absolute Gasteiger partial charge is 0.193 e. The molecular formula is C14H23FO2. The monoisotopic (exact) mass is 242 g/mol. The highest BCUT2D eigenvalue weighted by atomic mass is 19.3. The fourth-order valence-corrected chi connectivity index (χ4v) is 1.13. The Morgan fingerprint density at radius 1 is 1.24 bits per heavy atom. The van der Waals surface area contributed by atoms with Crippen LogP contribution in [0.25, 0.3) is 0 Å². The number of benzene rings is 1. The molecule has 0 aromatic heterocycles. The van der Waals surface area contributed by atoms with Crippen molar-refractivity contribution in [2.45, 2.75) is 45.8 Å². The van der Waals surface area contributed by atoms with Gasteiger partial charge in [0, 0.05) is 7.11 Å². The Balaban J connectivity index is 0.000000366. The van der Waals surface area contributed by atoms with Gasteiger partial charge in [0.2, 0.25) is 0 Å². The van der Waals surface area contributed by atoms with Gasteiger partial charge in [-0.15, -0.1) is 0 Å². The molecule has 0 amide bonds. The summed E-state index contributed by atoms with van der Waals surface area (Å²) >= 11 is 0. The molecule has 0 aliphatic rings. The summed E-state index contributed by atoms with van der Waals surface area (Å²) in [4.78, 5) is 3.18. The summed E-state index contributed by atoms with van der Waals surface area (Å²) in [6.45, 7) is 8.25. The van der Waals surface area contributed by atoms with Gasteiger partial charge in [-0.2, -0.15) is 4.94 Å². The molecule has 1 atom stereocenters. The van der Waals surface area contributed by atoms with Crippen LogP contribution < -0.4 is 0 Å². The van der Waals surface area contributed by atoms with Gasteiger partial charge >= 0.3 is 0 Å². The van der Waals surface area contributed by atoms with Crippen LogP contribution in [0.15, 0.2) is 30.3 Å². The number of ether oxygens (including phenoxy) is 1. The van der Waals surface area contributed by atoms with E-state index in [0.29, 0.717) is 5.41 Å². The molecule has 0 radical (unpaired) electrons. The maximum atomic E-state index is 10.8. The summed E-state index contributed by atoms with van der Waals surface area (Å²) in [5.41, 5.74) is 1.77. The minimum atomic E-state index is -0.731. The van der Waals surface area contributed by atoms with E-state index in [1.54, 1.807) is 0 Å². The van der Waals surface area contributed by atoms with Crippen molar-refractivity contribution < 1.29 is 14.2 Å². The molecule has 0 bridgehead atoms. The summed E-state index contributed by atoms with van der Waals surface area (Å²) in [6, 6.07) is 10.7. The average molecular weight is 242 g/mol. The first kappa shape index (κ1) is 16.1. The summed E-state index contributed by atoms with van der Waals surface area (Å²) in [6.07, 6.45) is 0.460. The van der Waals surface area contributed by atoms with Gasteiger partial charge in [-0.05, 0) is 28.8 Å². The number of methoxy groups -OCH3 is 1. The molecule has 0 saturated carbocycles. The number of hydrogen-bond acceptors (Lipinski definition) is 2. The highest BCUT2D eigenvalue weighted by Crippen LogP contribution is 2.25. The van der Waals surface area contributed by atoms with E-state index in [2.05, 4.69) is 60.8 Å². The summed E-state index contributed by atoms with van der Waals surface area (Å²) < 4.78 is 15.1. The Kier molecular flexibility index (Phi) is 7.75. The van der Waals surface area contributed by atoms with Crippen LogP contribution in [-0.4, -0.2) is 13.4 Å². The van der Waals surface area contributed by atoms with Crippen molar-refractivity contribution in [1.29, 1.82) is 0 Å². The maximum Gasteiger partial charge on any atom is 0.193 e. The first-order valence-electron chi connectivity index (χ1n) is 5.83. The molecule has 0 fully saturated rings. The van der Waals surface area contributed by atoms with Gasteiger partial charge in [0.1, 0.15) is 0 Å². The molecule has 0 N–H and O–H groups in total. The van der Waals surface area contributed by atoms with Crippen LogP contribution in [-0.2, 0) is 15.1 Å². The molecule has 0 heterocycles. The third-order valence-electron chi connectivity index (χ3n) is 2.90. The minimum Gasteiger partial charge on any atom is -0.353 e. The zero-order chi connectivity index (χ0) is 13.3. The van der Waals surface area contributed by atoms with Crippen molar-refractivity contribution in [3.63, 3.8) is 0 Å². The predicted octanol–water partition coefficient (Wildman–Crippen LogP) is 4.25. The number of rotatable bonds is 4. The molecule has 1 rings (SSSR count). The molecule has 1 unspecified atom stereocenters. The maximum absolute atomic E-state index is 10.8. The lowest BCUT2D eigenvalue weighted by Crippen LogP contribution is -2.14. The number of halogens is 1. The van der Waals surface area contributed by atoms with Crippen LogP contribution >= 0.6 is 0 Å². The third-order valence-corrected chi connectivity index (χ3v) is 2.90. The zero-order valence-electron chi connectivity index (χ0n) is 11.4. The van der Waals surface area contributed by atoms with Gasteiger partial charge in [0.05, 0.1) is 0 Å². The van der Waals surface area contributed by atoms with E-state index in [-0.39, 0.29) is 0 Å². The molecule has 0 saturated heterocycles. The lowest BCUT2D eigenvalue weighted by atomic mass is 9.82. The molecular weight excluding hydrogens is 219 g/mol. The molecule has 1 aromatic rings. The molecule has 0 spiro atoms. The van der Waals surface area contributed by atoms with Gasteiger partial charge in [-0.1, -0.05) is 51.1 Å². The predicted molar refractivity (Wildman–Crippen MR) is 68.4 cm³/mol. The van der Waals surface area contributed by atoms with Crippen molar-refractivity contribution in [2.24, 2.45) is 0 Å². The van der Waals surface area contributed by atoms with Crippen LogP contribution in [0.1, 0.15) is 39.7 Å². The molecule has 0 aliphatic heterocycles. The fraction of sp³-hybridized carbons (Fsp3) is 0.571.